The van der Waals surface area contributed by atoms with E-state index in [1.807, 2.05) is 31.2 Å². The Morgan fingerprint density at radius 1 is 1.07 bits per heavy atom. The zero-order valence-electron chi connectivity index (χ0n) is 16.2. The number of hydrogen-bond acceptors (Lipinski definition) is 6. The molecule has 0 aliphatic rings. The lowest BCUT2D eigenvalue weighted by atomic mass is 10.1. The lowest BCUT2D eigenvalue weighted by Gasteiger charge is -2.12. The largest absolute Gasteiger partial charge is 0.326 e. The fraction of sp³-hybridized carbons (Fsp3) is 0.0952. The molecule has 0 unspecified atom stereocenters. The third kappa shape index (κ3) is 4.17. The van der Waals surface area contributed by atoms with E-state index in [0.717, 1.165) is 26.5 Å². The maximum Gasteiger partial charge on any atom is 0.261 e. The Kier molecular flexibility index (Phi) is 5.23. The van der Waals surface area contributed by atoms with Gasteiger partial charge in [0.1, 0.15) is 15.4 Å². The molecule has 0 atom stereocenters. The minimum Gasteiger partial charge on any atom is -0.326 e. The molecule has 0 bridgehead atoms. The highest BCUT2D eigenvalue weighted by Gasteiger charge is 2.16. The van der Waals surface area contributed by atoms with Gasteiger partial charge in [-0.3, -0.25) is 9.52 Å². The van der Waals surface area contributed by atoms with Crippen LogP contribution in [0.3, 0.4) is 0 Å². The quantitative estimate of drug-likeness (QED) is 0.480. The van der Waals surface area contributed by atoms with Crippen LogP contribution in [-0.4, -0.2) is 24.3 Å². The molecule has 30 heavy (non-hydrogen) atoms. The van der Waals surface area contributed by atoms with E-state index in [0.29, 0.717) is 11.4 Å². The van der Waals surface area contributed by atoms with Crippen LogP contribution in [0.5, 0.6) is 0 Å². The van der Waals surface area contributed by atoms with Gasteiger partial charge in [0.05, 0.1) is 10.6 Å². The normalized spacial score (nSPS) is 11.4. The lowest BCUT2D eigenvalue weighted by molar-refractivity contribution is -0.114. The molecule has 0 fully saturated rings. The molecule has 0 saturated carbocycles. The number of thiazole rings is 1. The third-order valence-corrected chi connectivity index (χ3v) is 6.78. The van der Waals surface area contributed by atoms with Gasteiger partial charge in [0.2, 0.25) is 5.91 Å². The second-order valence-electron chi connectivity index (χ2n) is 6.69. The summed E-state index contributed by atoms with van der Waals surface area (Å²) in [6.07, 6.45) is 1.73. The smallest absolute Gasteiger partial charge is 0.261 e. The Labute approximate surface area is 177 Å². The Morgan fingerprint density at radius 2 is 1.83 bits per heavy atom. The number of nitrogens with one attached hydrogen (secondary N) is 2. The SMILES string of the molecule is CC(=O)Nc1ccc(S(=O)(=O)Nc2ccc(-c3nc4cccnc4s3)cc2C)cc1. The summed E-state index contributed by atoms with van der Waals surface area (Å²) in [6, 6.07) is 15.2. The van der Waals surface area contributed by atoms with Crippen molar-refractivity contribution in [2.45, 2.75) is 18.7 Å². The Hall–Kier alpha value is -3.30. The molecule has 0 radical (unpaired) electrons. The summed E-state index contributed by atoms with van der Waals surface area (Å²) in [5, 5.41) is 3.44. The van der Waals surface area contributed by atoms with E-state index in [1.54, 1.807) is 24.4 Å². The van der Waals surface area contributed by atoms with Crippen molar-refractivity contribution in [3.63, 3.8) is 0 Å². The molecular weight excluding hydrogens is 420 g/mol. The van der Waals surface area contributed by atoms with Crippen molar-refractivity contribution in [1.29, 1.82) is 0 Å². The number of nitrogens with zero attached hydrogens (tertiary/aromatic N) is 2. The second kappa shape index (κ2) is 7.85. The second-order valence-corrected chi connectivity index (χ2v) is 9.35. The first-order valence-electron chi connectivity index (χ1n) is 9.05. The molecule has 9 heteroatoms. The molecule has 7 nitrogen and oxygen atoms in total. The fourth-order valence-electron chi connectivity index (χ4n) is 2.93. The molecule has 1 amide bonds. The van der Waals surface area contributed by atoms with Gasteiger partial charge in [0.15, 0.2) is 0 Å². The highest BCUT2D eigenvalue weighted by molar-refractivity contribution is 7.92. The maximum atomic E-state index is 12.7. The molecule has 2 aromatic carbocycles. The van der Waals surface area contributed by atoms with Crippen LogP contribution in [0.25, 0.3) is 20.9 Å². The number of amides is 1. The number of carbonyl (C=O) groups excluding carboxylic acids is 1. The van der Waals surface area contributed by atoms with Gasteiger partial charge in [-0.2, -0.15) is 0 Å². The summed E-state index contributed by atoms with van der Waals surface area (Å²) >= 11 is 1.49. The summed E-state index contributed by atoms with van der Waals surface area (Å²) in [4.78, 5) is 21.0. The van der Waals surface area contributed by atoms with Crippen molar-refractivity contribution in [1.82, 2.24) is 9.97 Å². The highest BCUT2D eigenvalue weighted by atomic mass is 32.2. The summed E-state index contributed by atoms with van der Waals surface area (Å²) in [5.74, 6) is -0.219. The van der Waals surface area contributed by atoms with Crippen LogP contribution in [0.15, 0.2) is 65.7 Å². The Bertz CT molecular complexity index is 1310. The van der Waals surface area contributed by atoms with E-state index < -0.39 is 10.0 Å². The van der Waals surface area contributed by atoms with E-state index in [2.05, 4.69) is 20.0 Å². The van der Waals surface area contributed by atoms with E-state index in [1.165, 1.54) is 30.4 Å². The topological polar surface area (TPSA) is 101 Å². The van der Waals surface area contributed by atoms with Crippen molar-refractivity contribution in [2.24, 2.45) is 0 Å². The first-order valence-corrected chi connectivity index (χ1v) is 11.3. The van der Waals surface area contributed by atoms with Gasteiger partial charge in [0.25, 0.3) is 10.0 Å². The number of anilines is 2. The molecule has 4 rings (SSSR count). The average molecular weight is 439 g/mol. The molecule has 2 aromatic heterocycles. The average Bonchev–Trinajstić information content (AvgIpc) is 3.13. The molecule has 2 N–H and O–H groups in total. The number of hydrogen-bond donors (Lipinski definition) is 2. The van der Waals surface area contributed by atoms with Crippen LogP contribution in [0.4, 0.5) is 11.4 Å². The molecule has 0 aliphatic carbocycles. The number of fused-ring (bicyclic) bond motifs is 1. The first-order chi connectivity index (χ1) is 14.3. The Balaban J connectivity index is 1.57. The van der Waals surface area contributed by atoms with Crippen molar-refractivity contribution >= 4 is 49.0 Å². The number of aryl methyl sites for hydroxylation is 1. The van der Waals surface area contributed by atoms with Gasteiger partial charge in [-0.25, -0.2) is 18.4 Å². The van der Waals surface area contributed by atoms with E-state index >= 15 is 0 Å². The van der Waals surface area contributed by atoms with Gasteiger partial charge in [-0.1, -0.05) is 11.3 Å². The predicted molar refractivity (Wildman–Crippen MR) is 119 cm³/mol. The first kappa shape index (κ1) is 20.0. The zero-order chi connectivity index (χ0) is 21.3. The van der Waals surface area contributed by atoms with E-state index in [-0.39, 0.29) is 10.8 Å². The van der Waals surface area contributed by atoms with Crippen molar-refractivity contribution in [3.05, 3.63) is 66.4 Å². The lowest BCUT2D eigenvalue weighted by Crippen LogP contribution is -2.14. The monoisotopic (exact) mass is 438 g/mol. The number of rotatable bonds is 5. The van der Waals surface area contributed by atoms with Crippen LogP contribution < -0.4 is 10.0 Å². The summed E-state index contributed by atoms with van der Waals surface area (Å²) in [7, 11) is -3.76. The molecule has 2 heterocycles. The molecule has 4 aromatic rings. The molecule has 0 aliphatic heterocycles. The van der Waals surface area contributed by atoms with Gasteiger partial charge >= 0.3 is 0 Å². The predicted octanol–water partition coefficient (Wildman–Crippen LogP) is 4.43. The number of sulfonamides is 1. The summed E-state index contributed by atoms with van der Waals surface area (Å²) in [5.41, 5.74) is 3.54. The molecule has 0 spiro atoms. The minimum atomic E-state index is -3.76. The highest BCUT2D eigenvalue weighted by Crippen LogP contribution is 2.31. The van der Waals surface area contributed by atoms with Crippen LogP contribution in [0.1, 0.15) is 12.5 Å². The zero-order valence-corrected chi connectivity index (χ0v) is 17.8. The van der Waals surface area contributed by atoms with Gasteiger partial charge in [-0.15, -0.1) is 0 Å². The van der Waals surface area contributed by atoms with E-state index in [4.69, 9.17) is 0 Å². The van der Waals surface area contributed by atoms with Gasteiger partial charge in [-0.05, 0) is 67.1 Å². The standard InChI is InChI=1S/C21H18N4O3S2/c1-13-12-15(20-24-19-4-3-11-22-21(19)29-20)5-10-18(13)25-30(27,28)17-8-6-16(7-9-17)23-14(2)26/h3-12,25H,1-2H3,(H,23,26). The fourth-order valence-corrected chi connectivity index (χ4v) is 4.96. The maximum absolute atomic E-state index is 12.7. The third-order valence-electron chi connectivity index (χ3n) is 4.37. The van der Waals surface area contributed by atoms with Crippen molar-refractivity contribution in [2.75, 3.05) is 10.0 Å². The number of aromatic nitrogens is 2. The number of pyridine rings is 1. The van der Waals surface area contributed by atoms with Crippen LogP contribution in [0, 0.1) is 6.92 Å². The molecule has 152 valence electrons. The van der Waals surface area contributed by atoms with E-state index in [9.17, 15) is 13.2 Å². The van der Waals surface area contributed by atoms with Crippen molar-refractivity contribution < 1.29 is 13.2 Å². The molecular formula is C21H18N4O3S2. The summed E-state index contributed by atoms with van der Waals surface area (Å²) in [6.45, 7) is 3.23. The van der Waals surface area contributed by atoms with Crippen molar-refractivity contribution in [3.8, 4) is 10.6 Å². The van der Waals surface area contributed by atoms with Crippen LogP contribution in [-0.2, 0) is 14.8 Å². The van der Waals surface area contributed by atoms with Crippen LogP contribution >= 0.6 is 11.3 Å². The van der Waals surface area contributed by atoms with Crippen LogP contribution in [0.2, 0.25) is 0 Å². The van der Waals surface area contributed by atoms with Gasteiger partial charge in [0, 0.05) is 24.4 Å². The minimum absolute atomic E-state index is 0.109. The number of carbonyl (C=O) groups is 1. The number of benzene rings is 2. The Morgan fingerprint density at radius 3 is 2.50 bits per heavy atom. The summed E-state index contributed by atoms with van der Waals surface area (Å²) < 4.78 is 28.1. The molecule has 0 saturated heterocycles. The van der Waals surface area contributed by atoms with Gasteiger partial charge < -0.3 is 5.32 Å².